The van der Waals surface area contributed by atoms with Gasteiger partial charge in [-0.15, -0.1) is 9.73 Å². The lowest BCUT2D eigenvalue weighted by atomic mass is 9.96. The predicted octanol–water partition coefficient (Wildman–Crippen LogP) is 3.73. The maximum Gasteiger partial charge on any atom is 0.218 e. The number of pyridine rings is 1. The number of fused-ring (bicyclic) bond motifs is 2. The second-order valence-corrected chi connectivity index (χ2v) is 8.88. The lowest BCUT2D eigenvalue weighted by molar-refractivity contribution is 0.283. The quantitative estimate of drug-likeness (QED) is 0.368. The number of nitrogens with one attached hydrogen (secondary N) is 1. The molecule has 0 radical (unpaired) electrons. The van der Waals surface area contributed by atoms with Crippen LogP contribution in [0.15, 0.2) is 42.9 Å². The maximum atomic E-state index is 6.07. The largest absolute Gasteiger partial charge is 0.469 e. The van der Waals surface area contributed by atoms with Gasteiger partial charge in [0.25, 0.3) is 0 Å². The van der Waals surface area contributed by atoms with Crippen molar-refractivity contribution in [1.29, 1.82) is 0 Å². The van der Waals surface area contributed by atoms with E-state index in [0.717, 1.165) is 22.0 Å². The third kappa shape index (κ3) is 4.18. The van der Waals surface area contributed by atoms with E-state index in [0.29, 0.717) is 41.4 Å². The normalized spacial score (nSPS) is 13.4. The summed E-state index contributed by atoms with van der Waals surface area (Å²) < 4.78 is 7.43. The van der Waals surface area contributed by atoms with Gasteiger partial charge in [0.2, 0.25) is 5.88 Å². The Balaban J connectivity index is 1.15. The molecule has 0 aliphatic heterocycles. The summed E-state index contributed by atoms with van der Waals surface area (Å²) >= 11 is 0. The van der Waals surface area contributed by atoms with E-state index in [1.54, 1.807) is 16.9 Å². The lowest BCUT2D eigenvalue weighted by Gasteiger charge is -2.15. The predicted molar refractivity (Wildman–Crippen MR) is 132 cm³/mol. The fourth-order valence-corrected chi connectivity index (χ4v) is 4.33. The van der Waals surface area contributed by atoms with Crippen molar-refractivity contribution in [3.05, 3.63) is 71.1 Å². The van der Waals surface area contributed by atoms with Crippen LogP contribution in [0.5, 0.6) is 5.88 Å². The molecule has 1 aliphatic carbocycles. The number of ether oxygens (including phenoxy) is 1. The summed E-state index contributed by atoms with van der Waals surface area (Å²) in [4.78, 5) is 17.3. The van der Waals surface area contributed by atoms with Crippen molar-refractivity contribution in [3.8, 4) is 5.88 Å². The third-order valence-electron chi connectivity index (χ3n) is 6.42. The average molecular weight is 468 g/mol. The zero-order valence-electron chi connectivity index (χ0n) is 19.6. The van der Waals surface area contributed by atoms with Crippen molar-refractivity contribution in [2.24, 2.45) is 0 Å². The van der Waals surface area contributed by atoms with E-state index >= 15 is 0 Å². The second kappa shape index (κ2) is 8.46. The van der Waals surface area contributed by atoms with Crippen LogP contribution in [0.25, 0.3) is 16.4 Å². The molecule has 1 saturated carbocycles. The number of hydrogen-bond donors (Lipinski definition) is 2. The Morgan fingerprint density at radius 1 is 1.06 bits per heavy atom. The summed E-state index contributed by atoms with van der Waals surface area (Å²) in [6, 6.07) is 9.83. The number of benzene rings is 1. The molecule has 0 unspecified atom stereocenters. The van der Waals surface area contributed by atoms with Crippen LogP contribution in [0, 0.1) is 13.8 Å². The molecule has 1 aliphatic rings. The number of nitrogens with two attached hydrogens (primary N) is 1. The summed E-state index contributed by atoms with van der Waals surface area (Å²) in [6.45, 7) is 4.98. The maximum absolute atomic E-state index is 6.07. The van der Waals surface area contributed by atoms with Gasteiger partial charge in [-0.1, -0.05) is 0 Å². The van der Waals surface area contributed by atoms with Gasteiger partial charge < -0.3 is 15.8 Å². The Morgan fingerprint density at radius 2 is 1.94 bits per heavy atom. The highest BCUT2D eigenvalue weighted by Gasteiger charge is 2.25. The molecule has 0 saturated heterocycles. The molecule has 10 heteroatoms. The van der Waals surface area contributed by atoms with Gasteiger partial charge >= 0.3 is 0 Å². The molecule has 3 N–H and O–H groups in total. The summed E-state index contributed by atoms with van der Waals surface area (Å²) in [6.07, 6.45) is 5.61. The van der Waals surface area contributed by atoms with Gasteiger partial charge in [0, 0.05) is 30.1 Å². The van der Waals surface area contributed by atoms with Gasteiger partial charge in [-0.2, -0.15) is 5.10 Å². The Bertz CT molecular complexity index is 1560. The fourth-order valence-electron chi connectivity index (χ4n) is 4.33. The average Bonchev–Trinajstić information content (AvgIpc) is 3.63. The molecule has 0 spiro atoms. The van der Waals surface area contributed by atoms with Crippen LogP contribution < -0.4 is 15.8 Å². The molecule has 10 nitrogen and oxygen atoms in total. The first-order chi connectivity index (χ1) is 17.0. The minimum atomic E-state index is 0.191. The van der Waals surface area contributed by atoms with Gasteiger partial charge in [0.05, 0.1) is 5.69 Å². The topological polar surface area (TPSA) is 129 Å². The van der Waals surface area contributed by atoms with E-state index < -0.39 is 0 Å². The van der Waals surface area contributed by atoms with Gasteiger partial charge in [-0.3, -0.25) is 0 Å². The molecule has 4 heterocycles. The number of hydrogen-bond acceptors (Lipinski definition) is 9. The first-order valence-electron chi connectivity index (χ1n) is 11.6. The molecular weight excluding hydrogens is 442 g/mol. The molecule has 0 bridgehead atoms. The summed E-state index contributed by atoms with van der Waals surface area (Å²) in [5, 5.41) is 14.5. The second-order valence-electron chi connectivity index (χ2n) is 8.88. The van der Waals surface area contributed by atoms with Crippen LogP contribution in [-0.4, -0.2) is 34.8 Å². The van der Waals surface area contributed by atoms with E-state index in [9.17, 15) is 0 Å². The summed E-state index contributed by atoms with van der Waals surface area (Å²) in [5.41, 5.74) is 11.3. The first-order valence-corrected chi connectivity index (χ1v) is 11.6. The number of nitrogens with zero attached hydrogens (tertiary/aromatic N) is 7. The molecule has 5 aromatic rings. The van der Waals surface area contributed by atoms with Crippen LogP contribution >= 0.6 is 0 Å². The molecule has 176 valence electrons. The highest BCUT2D eigenvalue weighted by atomic mass is 16.5. The van der Waals surface area contributed by atoms with Crippen LogP contribution in [0.4, 0.5) is 11.6 Å². The van der Waals surface area contributed by atoms with Crippen molar-refractivity contribution in [2.45, 2.75) is 45.8 Å². The third-order valence-corrected chi connectivity index (χ3v) is 6.42. The lowest BCUT2D eigenvalue weighted by Crippen LogP contribution is -2.07. The number of rotatable bonds is 7. The number of nitrogen functional groups attached to an aromatic ring is 1. The van der Waals surface area contributed by atoms with E-state index in [1.807, 2.05) is 18.2 Å². The van der Waals surface area contributed by atoms with Crippen molar-refractivity contribution in [2.75, 3.05) is 11.1 Å². The fraction of sp³-hybridized carbons (Fsp3) is 0.280. The molecule has 1 aromatic carbocycles. The SMILES string of the molecule is Cc1cc2c(N)nccc2c(C)c1CNc1cc(OCc2nc3ccc(C4CC4)nn3n2)ncn1. The first kappa shape index (κ1) is 21.2. The van der Waals surface area contributed by atoms with E-state index in [2.05, 4.69) is 55.4 Å². The Morgan fingerprint density at radius 3 is 2.80 bits per heavy atom. The molecular formula is C25H25N9O. The van der Waals surface area contributed by atoms with Crippen molar-refractivity contribution < 1.29 is 4.74 Å². The highest BCUT2D eigenvalue weighted by molar-refractivity contribution is 5.94. The van der Waals surface area contributed by atoms with Crippen molar-refractivity contribution >= 4 is 28.1 Å². The van der Waals surface area contributed by atoms with Crippen LogP contribution in [0.1, 0.15) is 47.0 Å². The summed E-state index contributed by atoms with van der Waals surface area (Å²) in [5.74, 6) is 2.77. The smallest absolute Gasteiger partial charge is 0.218 e. The van der Waals surface area contributed by atoms with Crippen LogP contribution in [0.2, 0.25) is 0 Å². The standard InChI is InChI=1S/C25H25N9O/c1-14-9-18-17(7-8-27-25(18)26)15(2)19(14)11-28-21-10-24(30-13-29-21)35-12-22-31-23-6-5-20(16-3-4-16)32-34(23)33-22/h5-10,13,16H,3-4,11-12H2,1-2H3,(H2,26,27)(H,28,29,30). The number of anilines is 2. The van der Waals surface area contributed by atoms with Crippen LogP contribution in [-0.2, 0) is 13.2 Å². The molecule has 0 atom stereocenters. The van der Waals surface area contributed by atoms with E-state index in [-0.39, 0.29) is 6.61 Å². The molecule has 1 fully saturated rings. The summed E-state index contributed by atoms with van der Waals surface area (Å²) in [7, 11) is 0. The Hall–Kier alpha value is -4.34. The number of aromatic nitrogens is 7. The molecule has 6 rings (SSSR count). The molecule has 4 aromatic heterocycles. The van der Waals surface area contributed by atoms with Gasteiger partial charge in [0.1, 0.15) is 18.0 Å². The minimum absolute atomic E-state index is 0.191. The van der Waals surface area contributed by atoms with Gasteiger partial charge in [-0.25, -0.2) is 19.9 Å². The zero-order valence-corrected chi connectivity index (χ0v) is 19.6. The highest BCUT2D eigenvalue weighted by Crippen LogP contribution is 2.38. The van der Waals surface area contributed by atoms with Gasteiger partial charge in [0.15, 0.2) is 18.1 Å². The zero-order chi connectivity index (χ0) is 23.9. The monoisotopic (exact) mass is 467 g/mol. The van der Waals surface area contributed by atoms with Gasteiger partial charge in [-0.05, 0) is 73.0 Å². The number of aryl methyl sites for hydroxylation is 2. The van der Waals surface area contributed by atoms with E-state index in [4.69, 9.17) is 10.5 Å². The Kier molecular flexibility index (Phi) is 5.13. The Labute approximate surface area is 201 Å². The van der Waals surface area contributed by atoms with E-state index in [1.165, 1.54) is 30.3 Å². The van der Waals surface area contributed by atoms with Crippen LogP contribution in [0.3, 0.4) is 0 Å². The minimum Gasteiger partial charge on any atom is -0.469 e. The van der Waals surface area contributed by atoms with Crippen molar-refractivity contribution in [1.82, 2.24) is 34.8 Å². The van der Waals surface area contributed by atoms with Crippen molar-refractivity contribution in [3.63, 3.8) is 0 Å². The molecule has 35 heavy (non-hydrogen) atoms. The molecule has 0 amide bonds.